The van der Waals surface area contributed by atoms with E-state index in [1.807, 2.05) is 66.7 Å². The van der Waals surface area contributed by atoms with Gasteiger partial charge in [0.15, 0.2) is 6.61 Å². The summed E-state index contributed by atoms with van der Waals surface area (Å²) >= 11 is 0. The van der Waals surface area contributed by atoms with Gasteiger partial charge < -0.3 is 19.7 Å². The first kappa shape index (κ1) is 17.4. The Hall–Kier alpha value is -3.05. The van der Waals surface area contributed by atoms with Crippen LogP contribution in [0.4, 0.5) is 11.4 Å². The Morgan fingerprint density at radius 3 is 2.52 bits per heavy atom. The number of anilines is 2. The van der Waals surface area contributed by atoms with E-state index in [9.17, 15) is 4.79 Å². The summed E-state index contributed by atoms with van der Waals surface area (Å²) in [6.45, 7) is 3.27. The normalized spacial score (nSPS) is 14.1. The van der Waals surface area contributed by atoms with E-state index in [0.29, 0.717) is 5.75 Å². The minimum atomic E-state index is -0.179. The second-order valence-electron chi connectivity index (χ2n) is 6.46. The Balaban J connectivity index is 1.35. The van der Waals surface area contributed by atoms with E-state index in [4.69, 9.17) is 9.47 Å². The lowest BCUT2D eigenvalue weighted by atomic mass is 10.1. The first-order chi connectivity index (χ1) is 13.3. The highest BCUT2D eigenvalue weighted by atomic mass is 16.5. The van der Waals surface area contributed by atoms with Crippen LogP contribution < -0.4 is 15.0 Å². The summed E-state index contributed by atoms with van der Waals surface area (Å²) in [4.78, 5) is 14.5. The van der Waals surface area contributed by atoms with Crippen LogP contribution in [0.5, 0.6) is 5.75 Å². The van der Waals surface area contributed by atoms with E-state index in [1.54, 1.807) is 0 Å². The van der Waals surface area contributed by atoms with E-state index < -0.39 is 0 Å². The van der Waals surface area contributed by atoms with E-state index >= 15 is 0 Å². The lowest BCUT2D eigenvalue weighted by Gasteiger charge is -2.28. The van der Waals surface area contributed by atoms with Gasteiger partial charge in [0, 0.05) is 29.9 Å². The zero-order valence-corrected chi connectivity index (χ0v) is 15.1. The standard InChI is InChI=1S/C22H22N2O3/c25-22(16-27-21-7-3-5-17-4-1-2-6-20(17)21)23-18-8-10-19(11-9-18)24-12-14-26-15-13-24/h1-11H,12-16H2,(H,23,25). The molecule has 3 aromatic rings. The van der Waals surface area contributed by atoms with Gasteiger partial charge in [-0.05, 0) is 35.7 Å². The summed E-state index contributed by atoms with van der Waals surface area (Å²) in [5, 5.41) is 4.98. The maximum absolute atomic E-state index is 12.2. The fourth-order valence-electron chi connectivity index (χ4n) is 3.24. The molecule has 0 aliphatic carbocycles. The lowest BCUT2D eigenvalue weighted by molar-refractivity contribution is -0.118. The van der Waals surface area contributed by atoms with Crippen molar-refractivity contribution in [3.8, 4) is 5.75 Å². The van der Waals surface area contributed by atoms with Gasteiger partial charge in [-0.25, -0.2) is 0 Å². The summed E-state index contributed by atoms with van der Waals surface area (Å²) in [6, 6.07) is 21.7. The van der Waals surface area contributed by atoms with Gasteiger partial charge in [0.2, 0.25) is 0 Å². The van der Waals surface area contributed by atoms with E-state index in [0.717, 1.165) is 48.5 Å². The second-order valence-corrected chi connectivity index (χ2v) is 6.46. The fourth-order valence-corrected chi connectivity index (χ4v) is 3.24. The Morgan fingerprint density at radius 1 is 0.963 bits per heavy atom. The molecule has 1 N–H and O–H groups in total. The average molecular weight is 362 g/mol. The minimum Gasteiger partial charge on any atom is -0.483 e. The molecule has 0 radical (unpaired) electrons. The maximum Gasteiger partial charge on any atom is 0.262 e. The predicted octanol–water partition coefficient (Wildman–Crippen LogP) is 3.69. The van der Waals surface area contributed by atoms with Crippen LogP contribution in [0.25, 0.3) is 10.8 Å². The van der Waals surface area contributed by atoms with E-state index in [-0.39, 0.29) is 12.5 Å². The number of carbonyl (C=O) groups excluding carboxylic acids is 1. The first-order valence-electron chi connectivity index (χ1n) is 9.13. The molecule has 1 amide bonds. The molecule has 0 unspecified atom stereocenters. The van der Waals surface area contributed by atoms with Crippen molar-refractivity contribution in [2.45, 2.75) is 0 Å². The molecule has 1 fully saturated rings. The number of hydrogen-bond acceptors (Lipinski definition) is 4. The number of morpholine rings is 1. The number of amides is 1. The largest absolute Gasteiger partial charge is 0.483 e. The molecule has 138 valence electrons. The summed E-state index contributed by atoms with van der Waals surface area (Å²) < 4.78 is 11.1. The molecule has 0 saturated carbocycles. The SMILES string of the molecule is O=C(COc1cccc2ccccc12)Nc1ccc(N2CCOCC2)cc1. The Bertz CT molecular complexity index is 913. The van der Waals surface area contributed by atoms with Gasteiger partial charge in [0.05, 0.1) is 13.2 Å². The minimum absolute atomic E-state index is 0.0285. The van der Waals surface area contributed by atoms with Crippen molar-refractivity contribution in [3.63, 3.8) is 0 Å². The van der Waals surface area contributed by atoms with Crippen LogP contribution in [0, 0.1) is 0 Å². The van der Waals surface area contributed by atoms with E-state index in [1.165, 1.54) is 0 Å². The van der Waals surface area contributed by atoms with Gasteiger partial charge in [0.1, 0.15) is 5.75 Å². The lowest BCUT2D eigenvalue weighted by Crippen LogP contribution is -2.36. The third kappa shape index (κ3) is 4.20. The molecule has 5 heteroatoms. The number of hydrogen-bond donors (Lipinski definition) is 1. The fraction of sp³-hybridized carbons (Fsp3) is 0.227. The Morgan fingerprint density at radius 2 is 1.70 bits per heavy atom. The second kappa shape index (κ2) is 8.10. The zero-order valence-electron chi connectivity index (χ0n) is 15.1. The number of benzene rings is 3. The van der Waals surface area contributed by atoms with Gasteiger partial charge in [-0.3, -0.25) is 4.79 Å². The number of rotatable bonds is 5. The van der Waals surface area contributed by atoms with Crippen molar-refractivity contribution in [2.75, 3.05) is 43.1 Å². The van der Waals surface area contributed by atoms with Crippen molar-refractivity contribution < 1.29 is 14.3 Å². The van der Waals surface area contributed by atoms with Crippen molar-refractivity contribution >= 4 is 28.1 Å². The van der Waals surface area contributed by atoms with Crippen LogP contribution in [0.15, 0.2) is 66.7 Å². The summed E-state index contributed by atoms with van der Waals surface area (Å²) in [5.41, 5.74) is 1.90. The van der Waals surface area contributed by atoms with Gasteiger partial charge in [-0.15, -0.1) is 0 Å². The third-order valence-corrected chi connectivity index (χ3v) is 4.64. The molecule has 0 atom stereocenters. The quantitative estimate of drug-likeness (QED) is 0.752. The molecule has 0 bridgehead atoms. The molecule has 27 heavy (non-hydrogen) atoms. The molecule has 1 saturated heterocycles. The van der Waals surface area contributed by atoms with Gasteiger partial charge in [-0.1, -0.05) is 36.4 Å². The van der Waals surface area contributed by atoms with Crippen molar-refractivity contribution in [1.29, 1.82) is 0 Å². The molecule has 1 aliphatic heterocycles. The Kier molecular flexibility index (Phi) is 5.21. The Labute approximate surface area is 158 Å². The number of fused-ring (bicyclic) bond motifs is 1. The first-order valence-corrected chi connectivity index (χ1v) is 9.13. The summed E-state index contributed by atoms with van der Waals surface area (Å²) in [5.74, 6) is 0.535. The number of ether oxygens (including phenoxy) is 2. The number of nitrogens with zero attached hydrogens (tertiary/aromatic N) is 1. The third-order valence-electron chi connectivity index (χ3n) is 4.64. The average Bonchev–Trinajstić information content (AvgIpc) is 2.73. The molecule has 4 rings (SSSR count). The monoisotopic (exact) mass is 362 g/mol. The zero-order chi connectivity index (χ0) is 18.5. The molecule has 0 aromatic heterocycles. The predicted molar refractivity (Wildman–Crippen MR) is 108 cm³/mol. The molecule has 1 heterocycles. The summed E-state index contributed by atoms with van der Waals surface area (Å²) in [7, 11) is 0. The van der Waals surface area contributed by atoms with E-state index in [2.05, 4.69) is 10.2 Å². The van der Waals surface area contributed by atoms with Gasteiger partial charge in [0.25, 0.3) is 5.91 Å². The number of nitrogens with one attached hydrogen (secondary N) is 1. The smallest absolute Gasteiger partial charge is 0.262 e. The molecule has 3 aromatic carbocycles. The van der Waals surface area contributed by atoms with Crippen LogP contribution in [0.3, 0.4) is 0 Å². The highest BCUT2D eigenvalue weighted by Crippen LogP contribution is 2.25. The maximum atomic E-state index is 12.2. The molecule has 1 aliphatic rings. The van der Waals surface area contributed by atoms with Crippen molar-refractivity contribution in [2.24, 2.45) is 0 Å². The van der Waals surface area contributed by atoms with Crippen LogP contribution in [-0.4, -0.2) is 38.8 Å². The summed E-state index contributed by atoms with van der Waals surface area (Å²) in [6.07, 6.45) is 0. The highest BCUT2D eigenvalue weighted by Gasteiger charge is 2.11. The topological polar surface area (TPSA) is 50.8 Å². The molecular formula is C22H22N2O3. The van der Waals surface area contributed by atoms with Crippen LogP contribution in [-0.2, 0) is 9.53 Å². The van der Waals surface area contributed by atoms with Crippen LogP contribution >= 0.6 is 0 Å². The number of carbonyl (C=O) groups is 1. The highest BCUT2D eigenvalue weighted by molar-refractivity contribution is 5.93. The molecular weight excluding hydrogens is 340 g/mol. The van der Waals surface area contributed by atoms with Crippen LogP contribution in [0.1, 0.15) is 0 Å². The molecule has 5 nitrogen and oxygen atoms in total. The van der Waals surface area contributed by atoms with Crippen LogP contribution in [0.2, 0.25) is 0 Å². The van der Waals surface area contributed by atoms with Crippen molar-refractivity contribution in [3.05, 3.63) is 66.7 Å². The van der Waals surface area contributed by atoms with Crippen molar-refractivity contribution in [1.82, 2.24) is 0 Å². The molecule has 0 spiro atoms. The van der Waals surface area contributed by atoms with Gasteiger partial charge in [-0.2, -0.15) is 0 Å². The van der Waals surface area contributed by atoms with Gasteiger partial charge >= 0.3 is 0 Å².